The molecule has 31 heavy (non-hydrogen) atoms. The fraction of sp³-hybridized carbons (Fsp3) is 0.708. The molecule has 5 rings (SSSR count). The third-order valence-corrected chi connectivity index (χ3v) is 12.4. The molecule has 3 fully saturated rings. The number of fused-ring (bicyclic) bond motifs is 5. The summed E-state index contributed by atoms with van der Waals surface area (Å²) in [7, 11) is -1.44. The lowest BCUT2D eigenvalue weighted by atomic mass is 9.47. The van der Waals surface area contributed by atoms with E-state index in [2.05, 4.69) is 24.6 Å². The van der Waals surface area contributed by atoms with E-state index in [1.807, 2.05) is 17.3 Å². The molecule has 0 radical (unpaired) electrons. The molecule has 0 bridgehead atoms. The molecule has 0 spiro atoms. The zero-order chi connectivity index (χ0) is 22.0. The van der Waals surface area contributed by atoms with E-state index in [0.29, 0.717) is 40.5 Å². The summed E-state index contributed by atoms with van der Waals surface area (Å²) in [6.45, 7) is 5.34. The van der Waals surface area contributed by atoms with Crippen LogP contribution in [0.15, 0.2) is 33.9 Å². The van der Waals surface area contributed by atoms with Crippen LogP contribution in [0.1, 0.15) is 52.4 Å². The molecular formula is C24H34N2O3S2. The molecule has 1 aliphatic heterocycles. The van der Waals surface area contributed by atoms with Crippen molar-refractivity contribution >= 4 is 27.3 Å². The number of rotatable bonds is 4. The number of amides is 1. The smallest absolute Gasteiger partial charge is 0.250 e. The minimum atomic E-state index is -3.41. The van der Waals surface area contributed by atoms with E-state index in [-0.39, 0.29) is 16.7 Å². The molecule has 7 heteroatoms. The largest absolute Gasteiger partial charge is 0.338 e. The third kappa shape index (κ3) is 3.25. The van der Waals surface area contributed by atoms with Crippen LogP contribution < -0.4 is 4.72 Å². The minimum Gasteiger partial charge on any atom is -0.338 e. The van der Waals surface area contributed by atoms with E-state index in [1.54, 1.807) is 18.2 Å². The Labute approximate surface area is 190 Å². The highest BCUT2D eigenvalue weighted by Crippen LogP contribution is 2.65. The minimum absolute atomic E-state index is 0.0613. The Bertz CT molecular complexity index is 988. The van der Waals surface area contributed by atoms with E-state index in [4.69, 9.17) is 0 Å². The number of nitrogens with one attached hydrogen (secondary N) is 1. The van der Waals surface area contributed by atoms with Gasteiger partial charge in [0.15, 0.2) is 0 Å². The number of likely N-dealkylation sites (N-methyl/N-ethyl adjacent to an activating group) is 1. The van der Waals surface area contributed by atoms with Gasteiger partial charge in [-0.3, -0.25) is 4.79 Å². The van der Waals surface area contributed by atoms with E-state index in [0.717, 1.165) is 19.3 Å². The molecule has 3 saturated carbocycles. The predicted molar refractivity (Wildman–Crippen MR) is 123 cm³/mol. The summed E-state index contributed by atoms with van der Waals surface area (Å²) in [4.78, 5) is 14.2. The molecule has 1 amide bonds. The van der Waals surface area contributed by atoms with Crippen LogP contribution in [0, 0.1) is 34.5 Å². The van der Waals surface area contributed by atoms with Crippen molar-refractivity contribution in [3.8, 4) is 0 Å². The summed E-state index contributed by atoms with van der Waals surface area (Å²) in [5, 5.41) is 1.81. The van der Waals surface area contributed by atoms with Crippen molar-refractivity contribution in [2.75, 3.05) is 13.6 Å². The number of nitrogens with zero attached hydrogens (tertiary/aromatic N) is 1. The maximum atomic E-state index is 12.7. The van der Waals surface area contributed by atoms with E-state index in [9.17, 15) is 13.2 Å². The number of sulfonamides is 1. The van der Waals surface area contributed by atoms with Gasteiger partial charge < -0.3 is 4.90 Å². The van der Waals surface area contributed by atoms with Crippen LogP contribution in [-0.2, 0) is 14.8 Å². The Morgan fingerprint density at radius 2 is 1.97 bits per heavy atom. The molecule has 0 aromatic carbocycles. The molecule has 1 aromatic rings. The van der Waals surface area contributed by atoms with Gasteiger partial charge in [-0.15, -0.1) is 11.3 Å². The Kier molecular flexibility index (Phi) is 5.18. The first-order valence-corrected chi connectivity index (χ1v) is 14.0. The van der Waals surface area contributed by atoms with Crippen molar-refractivity contribution in [2.24, 2.45) is 34.5 Å². The fourth-order valence-corrected chi connectivity index (χ4v) is 10.00. The average Bonchev–Trinajstić information content (AvgIpc) is 3.38. The first-order valence-electron chi connectivity index (χ1n) is 11.7. The van der Waals surface area contributed by atoms with Gasteiger partial charge in [-0.25, -0.2) is 13.1 Å². The lowest BCUT2D eigenvalue weighted by molar-refractivity contribution is -0.138. The van der Waals surface area contributed by atoms with Crippen LogP contribution in [0.25, 0.3) is 0 Å². The van der Waals surface area contributed by atoms with Gasteiger partial charge in [-0.2, -0.15) is 0 Å². The van der Waals surface area contributed by atoms with Crippen LogP contribution >= 0.6 is 11.3 Å². The predicted octanol–water partition coefficient (Wildman–Crippen LogP) is 4.28. The van der Waals surface area contributed by atoms with E-state index >= 15 is 0 Å². The van der Waals surface area contributed by atoms with Crippen molar-refractivity contribution in [3.63, 3.8) is 0 Å². The Morgan fingerprint density at radius 1 is 1.16 bits per heavy atom. The van der Waals surface area contributed by atoms with Crippen molar-refractivity contribution in [3.05, 3.63) is 29.7 Å². The molecule has 3 aliphatic carbocycles. The number of carbonyl (C=O) groups is 1. The fourth-order valence-electron chi connectivity index (χ4n) is 7.88. The zero-order valence-electron chi connectivity index (χ0n) is 18.7. The lowest BCUT2D eigenvalue weighted by Gasteiger charge is -2.60. The molecule has 7 atom stereocenters. The van der Waals surface area contributed by atoms with Gasteiger partial charge in [0.2, 0.25) is 15.9 Å². The lowest BCUT2D eigenvalue weighted by Crippen LogP contribution is -2.59. The highest BCUT2D eigenvalue weighted by atomic mass is 32.2. The zero-order valence-corrected chi connectivity index (χ0v) is 20.3. The van der Waals surface area contributed by atoms with Gasteiger partial charge in [-0.05, 0) is 85.1 Å². The summed E-state index contributed by atoms with van der Waals surface area (Å²) in [6, 6.07) is 3.77. The average molecular weight is 463 g/mol. The second-order valence-electron chi connectivity index (χ2n) is 10.7. The second kappa shape index (κ2) is 7.42. The Hall–Kier alpha value is -1.18. The second-order valence-corrected chi connectivity index (χ2v) is 13.7. The highest BCUT2D eigenvalue weighted by molar-refractivity contribution is 7.91. The van der Waals surface area contributed by atoms with Gasteiger partial charge in [0.05, 0.1) is 0 Å². The van der Waals surface area contributed by atoms with Crippen molar-refractivity contribution in [1.29, 1.82) is 0 Å². The Balaban J connectivity index is 1.34. The van der Waals surface area contributed by atoms with Gasteiger partial charge >= 0.3 is 0 Å². The quantitative estimate of drug-likeness (QED) is 0.726. The summed E-state index contributed by atoms with van der Waals surface area (Å²) >= 11 is 1.27. The first-order chi connectivity index (χ1) is 14.7. The molecule has 1 N–H and O–H groups in total. The summed E-state index contributed by atoms with van der Waals surface area (Å²) in [5.74, 6) is 2.46. The summed E-state index contributed by atoms with van der Waals surface area (Å²) in [5.41, 5.74) is 0.258. The standard InChI is InChI=1S/C24H34N2O3S2/c1-23-12-10-19-17(7-9-20-24(19,2)13-11-21(27)26(20)3)18(23)8-6-16(23)15-25-31(28,29)22-5-4-14-30-22/h4-5,11,13-14,16-20,25H,6-10,12,15H2,1-3H3/t16?,17-,18-,19+,20?,23+,24+/m0/s1. The van der Waals surface area contributed by atoms with E-state index < -0.39 is 10.0 Å². The molecule has 4 aliphatic rings. The highest BCUT2D eigenvalue weighted by Gasteiger charge is 2.60. The maximum Gasteiger partial charge on any atom is 0.250 e. The van der Waals surface area contributed by atoms with Crippen LogP contribution in [0.4, 0.5) is 0 Å². The van der Waals surface area contributed by atoms with Gasteiger partial charge in [-0.1, -0.05) is 26.0 Å². The summed E-state index contributed by atoms with van der Waals surface area (Å²) in [6.07, 6.45) is 10.9. The molecule has 0 saturated heterocycles. The SMILES string of the molecule is CN1C(=O)C=C[C@@]2(C)C1CC[C@@H]1[C@H]2CC[C@]2(C)C(CNS(=O)(=O)c3cccs3)CC[C@@H]12. The third-order valence-electron chi connectivity index (χ3n) is 9.60. The van der Waals surface area contributed by atoms with Crippen LogP contribution in [0.3, 0.4) is 0 Å². The van der Waals surface area contributed by atoms with E-state index in [1.165, 1.54) is 30.6 Å². The van der Waals surface area contributed by atoms with Gasteiger partial charge in [0, 0.05) is 25.0 Å². The summed E-state index contributed by atoms with van der Waals surface area (Å²) < 4.78 is 28.6. The van der Waals surface area contributed by atoms with Crippen LogP contribution in [0.2, 0.25) is 0 Å². The number of thiophene rings is 1. The maximum absolute atomic E-state index is 12.7. The molecule has 1 aromatic heterocycles. The van der Waals surface area contributed by atoms with Crippen molar-refractivity contribution in [2.45, 2.75) is 62.6 Å². The number of hydrogen-bond acceptors (Lipinski definition) is 4. The molecule has 2 unspecified atom stereocenters. The first kappa shape index (κ1) is 21.7. The van der Waals surface area contributed by atoms with Crippen LogP contribution in [0.5, 0.6) is 0 Å². The Morgan fingerprint density at radius 3 is 2.71 bits per heavy atom. The number of carbonyl (C=O) groups excluding carboxylic acids is 1. The molecule has 2 heterocycles. The van der Waals surface area contributed by atoms with Crippen molar-refractivity contribution in [1.82, 2.24) is 9.62 Å². The van der Waals surface area contributed by atoms with Gasteiger partial charge in [0.25, 0.3) is 0 Å². The van der Waals surface area contributed by atoms with Crippen LogP contribution in [-0.4, -0.2) is 38.9 Å². The molecule has 5 nitrogen and oxygen atoms in total. The van der Waals surface area contributed by atoms with Crippen molar-refractivity contribution < 1.29 is 13.2 Å². The van der Waals surface area contributed by atoms with Gasteiger partial charge in [0.1, 0.15) is 4.21 Å². The number of hydrogen-bond donors (Lipinski definition) is 1. The molecular weight excluding hydrogens is 428 g/mol. The molecule has 170 valence electrons. The normalized spacial score (nSPS) is 42.2. The topological polar surface area (TPSA) is 66.5 Å². The monoisotopic (exact) mass is 462 g/mol.